The van der Waals surface area contributed by atoms with Crippen LogP contribution >= 0.6 is 0 Å². The van der Waals surface area contributed by atoms with Gasteiger partial charge in [-0.25, -0.2) is 9.98 Å². The van der Waals surface area contributed by atoms with Gasteiger partial charge in [-0.3, -0.25) is 0 Å². The summed E-state index contributed by atoms with van der Waals surface area (Å²) in [5.74, 6) is 1.40. The number of nitrogens with one attached hydrogen (secondary N) is 2. The molecule has 7 heteroatoms. The highest BCUT2D eigenvalue weighted by molar-refractivity contribution is 5.79. The van der Waals surface area contributed by atoms with Crippen LogP contribution in [0.15, 0.2) is 53.7 Å². The standard InChI is InChI=1S/C23H32N4O3/c1-2-24-23(26-13-7-14-29-21-11-15-28-18-21)27-16-20-10-6-12-25-22(20)30-17-19-8-4-3-5-9-19/h3-6,8-10,12,21H,2,7,11,13-18H2,1H3,(H2,24,26,27). The van der Waals surface area contributed by atoms with E-state index in [1.54, 1.807) is 6.20 Å². The van der Waals surface area contributed by atoms with Crippen molar-refractivity contribution in [3.8, 4) is 5.88 Å². The molecule has 3 rings (SSSR count). The SMILES string of the molecule is CCNC(=NCc1cccnc1OCc1ccccc1)NCCCOC1CCOC1. The van der Waals surface area contributed by atoms with Gasteiger partial charge in [-0.2, -0.15) is 0 Å². The van der Waals surface area contributed by atoms with Crippen molar-refractivity contribution in [1.82, 2.24) is 15.6 Å². The molecule has 0 spiro atoms. The second-order valence-electron chi connectivity index (χ2n) is 7.07. The van der Waals surface area contributed by atoms with E-state index >= 15 is 0 Å². The number of rotatable bonds is 11. The molecule has 1 saturated heterocycles. The molecule has 1 aliphatic heterocycles. The lowest BCUT2D eigenvalue weighted by Gasteiger charge is -2.13. The Morgan fingerprint density at radius 2 is 2.10 bits per heavy atom. The predicted molar refractivity (Wildman–Crippen MR) is 118 cm³/mol. The smallest absolute Gasteiger partial charge is 0.218 e. The van der Waals surface area contributed by atoms with Crippen molar-refractivity contribution in [3.63, 3.8) is 0 Å². The molecule has 0 aliphatic carbocycles. The normalized spacial score (nSPS) is 16.4. The topological polar surface area (TPSA) is 77.0 Å². The fraction of sp³-hybridized carbons (Fsp3) is 0.478. The summed E-state index contributed by atoms with van der Waals surface area (Å²) in [6.07, 6.45) is 3.91. The van der Waals surface area contributed by atoms with Crippen molar-refractivity contribution in [3.05, 3.63) is 59.8 Å². The molecule has 0 radical (unpaired) electrons. The van der Waals surface area contributed by atoms with Crippen molar-refractivity contribution in [2.24, 2.45) is 4.99 Å². The predicted octanol–water partition coefficient (Wildman–Crippen LogP) is 2.91. The minimum Gasteiger partial charge on any atom is -0.473 e. The van der Waals surface area contributed by atoms with Gasteiger partial charge in [-0.1, -0.05) is 36.4 Å². The van der Waals surface area contributed by atoms with Gasteiger partial charge in [0.15, 0.2) is 5.96 Å². The van der Waals surface area contributed by atoms with Gasteiger partial charge >= 0.3 is 0 Å². The van der Waals surface area contributed by atoms with Crippen LogP contribution < -0.4 is 15.4 Å². The molecule has 30 heavy (non-hydrogen) atoms. The van der Waals surface area contributed by atoms with E-state index in [4.69, 9.17) is 14.2 Å². The Hall–Kier alpha value is -2.64. The maximum absolute atomic E-state index is 5.93. The number of ether oxygens (including phenoxy) is 3. The third kappa shape index (κ3) is 7.65. The summed E-state index contributed by atoms with van der Waals surface area (Å²) >= 11 is 0. The zero-order valence-electron chi connectivity index (χ0n) is 17.7. The monoisotopic (exact) mass is 412 g/mol. The number of benzene rings is 1. The summed E-state index contributed by atoms with van der Waals surface area (Å²) in [5.41, 5.74) is 2.06. The van der Waals surface area contributed by atoms with Crippen molar-refractivity contribution in [2.45, 2.75) is 39.0 Å². The zero-order chi connectivity index (χ0) is 20.9. The summed E-state index contributed by atoms with van der Waals surface area (Å²) in [7, 11) is 0. The summed E-state index contributed by atoms with van der Waals surface area (Å²) in [6.45, 7) is 6.88. The van der Waals surface area contributed by atoms with Crippen LogP contribution in [-0.2, 0) is 22.6 Å². The lowest BCUT2D eigenvalue weighted by Crippen LogP contribution is -2.38. The molecule has 1 atom stereocenters. The van der Waals surface area contributed by atoms with E-state index in [9.17, 15) is 0 Å². The molecular formula is C23H32N4O3. The van der Waals surface area contributed by atoms with E-state index in [0.29, 0.717) is 19.0 Å². The fourth-order valence-electron chi connectivity index (χ4n) is 3.08. The van der Waals surface area contributed by atoms with E-state index in [0.717, 1.165) is 62.8 Å². The molecule has 1 fully saturated rings. The number of pyridine rings is 1. The van der Waals surface area contributed by atoms with Crippen LogP contribution in [0.4, 0.5) is 0 Å². The van der Waals surface area contributed by atoms with Crippen LogP contribution in [0.2, 0.25) is 0 Å². The number of aliphatic imine (C=N–C) groups is 1. The minimum atomic E-state index is 0.256. The second kappa shape index (κ2) is 12.8. The number of aromatic nitrogens is 1. The van der Waals surface area contributed by atoms with Crippen LogP contribution in [0.1, 0.15) is 30.9 Å². The Kier molecular flexibility index (Phi) is 9.43. The van der Waals surface area contributed by atoms with Gasteiger partial charge in [0, 0.05) is 38.1 Å². The van der Waals surface area contributed by atoms with Gasteiger partial charge in [-0.05, 0) is 31.4 Å². The lowest BCUT2D eigenvalue weighted by molar-refractivity contribution is 0.0420. The van der Waals surface area contributed by atoms with Gasteiger partial charge < -0.3 is 24.8 Å². The molecule has 0 saturated carbocycles. The number of hydrogen-bond acceptors (Lipinski definition) is 5. The molecule has 1 aromatic heterocycles. The molecule has 2 aromatic rings. The van der Waals surface area contributed by atoms with Crippen LogP contribution in [0.5, 0.6) is 5.88 Å². The highest BCUT2D eigenvalue weighted by Crippen LogP contribution is 2.17. The first-order valence-electron chi connectivity index (χ1n) is 10.7. The van der Waals surface area contributed by atoms with Crippen molar-refractivity contribution < 1.29 is 14.2 Å². The number of guanidine groups is 1. The Morgan fingerprint density at radius 1 is 1.20 bits per heavy atom. The summed E-state index contributed by atoms with van der Waals surface area (Å²) in [5, 5.41) is 6.64. The van der Waals surface area contributed by atoms with Gasteiger partial charge in [0.05, 0.1) is 19.3 Å². The molecule has 1 unspecified atom stereocenters. The Labute approximate surface area is 178 Å². The highest BCUT2D eigenvalue weighted by atomic mass is 16.5. The van der Waals surface area contributed by atoms with Crippen molar-refractivity contribution >= 4 is 5.96 Å². The molecule has 7 nitrogen and oxygen atoms in total. The Bertz CT molecular complexity index is 764. The minimum absolute atomic E-state index is 0.256. The summed E-state index contributed by atoms with van der Waals surface area (Å²) in [4.78, 5) is 9.07. The molecule has 1 aliphatic rings. The zero-order valence-corrected chi connectivity index (χ0v) is 17.7. The maximum Gasteiger partial charge on any atom is 0.218 e. The first kappa shape index (κ1) is 22.1. The van der Waals surface area contributed by atoms with Crippen LogP contribution in [0.25, 0.3) is 0 Å². The van der Waals surface area contributed by atoms with Gasteiger partial charge in [-0.15, -0.1) is 0 Å². The van der Waals surface area contributed by atoms with Gasteiger partial charge in [0.25, 0.3) is 0 Å². The van der Waals surface area contributed by atoms with E-state index in [1.807, 2.05) is 42.5 Å². The molecule has 2 heterocycles. The van der Waals surface area contributed by atoms with E-state index in [1.165, 1.54) is 0 Å². The van der Waals surface area contributed by atoms with Crippen LogP contribution in [0.3, 0.4) is 0 Å². The molecular weight excluding hydrogens is 380 g/mol. The van der Waals surface area contributed by atoms with Crippen LogP contribution in [-0.4, -0.2) is 50.0 Å². The Balaban J connectivity index is 1.47. The average molecular weight is 413 g/mol. The first-order valence-corrected chi connectivity index (χ1v) is 10.7. The molecule has 0 bridgehead atoms. The molecule has 162 valence electrons. The third-order valence-electron chi connectivity index (χ3n) is 4.68. The van der Waals surface area contributed by atoms with Crippen LogP contribution in [0, 0.1) is 0 Å². The van der Waals surface area contributed by atoms with E-state index in [-0.39, 0.29) is 6.10 Å². The van der Waals surface area contributed by atoms with Crippen molar-refractivity contribution in [1.29, 1.82) is 0 Å². The lowest BCUT2D eigenvalue weighted by atomic mass is 10.2. The summed E-state index contributed by atoms with van der Waals surface area (Å²) in [6, 6.07) is 14.0. The van der Waals surface area contributed by atoms with Gasteiger partial charge in [0.1, 0.15) is 6.61 Å². The second-order valence-corrected chi connectivity index (χ2v) is 7.07. The molecule has 2 N–H and O–H groups in total. The van der Waals surface area contributed by atoms with E-state index < -0.39 is 0 Å². The summed E-state index contributed by atoms with van der Waals surface area (Å²) < 4.78 is 17.1. The molecule has 1 aromatic carbocycles. The van der Waals surface area contributed by atoms with E-state index in [2.05, 4.69) is 27.5 Å². The average Bonchev–Trinajstić information content (AvgIpc) is 3.30. The Morgan fingerprint density at radius 3 is 2.90 bits per heavy atom. The number of hydrogen-bond donors (Lipinski definition) is 2. The number of nitrogens with zero attached hydrogens (tertiary/aromatic N) is 2. The largest absolute Gasteiger partial charge is 0.473 e. The quantitative estimate of drug-likeness (QED) is 0.336. The molecule has 0 amide bonds. The van der Waals surface area contributed by atoms with Gasteiger partial charge in [0.2, 0.25) is 5.88 Å². The fourth-order valence-corrected chi connectivity index (χ4v) is 3.08. The van der Waals surface area contributed by atoms with Crippen molar-refractivity contribution in [2.75, 3.05) is 32.9 Å². The first-order chi connectivity index (χ1) is 14.8. The highest BCUT2D eigenvalue weighted by Gasteiger charge is 2.15. The third-order valence-corrected chi connectivity index (χ3v) is 4.68. The maximum atomic E-state index is 5.93.